The fourth-order valence-electron chi connectivity index (χ4n) is 4.94. The monoisotopic (exact) mass is 461 g/mol. The second-order valence-corrected chi connectivity index (χ2v) is 8.98. The summed E-state index contributed by atoms with van der Waals surface area (Å²) in [7, 11) is 0. The quantitative estimate of drug-likeness (QED) is 0.482. The normalized spacial score (nSPS) is 22.4. The molecule has 1 aromatic carbocycles. The summed E-state index contributed by atoms with van der Waals surface area (Å²) in [6, 6.07) is 8.41. The highest BCUT2D eigenvalue weighted by Gasteiger charge is 2.48. The highest BCUT2D eigenvalue weighted by Crippen LogP contribution is 2.40. The second-order valence-electron chi connectivity index (χ2n) is 8.98. The first-order valence-corrected chi connectivity index (χ1v) is 11.4. The van der Waals surface area contributed by atoms with Crippen LogP contribution in [-0.4, -0.2) is 48.9 Å². The van der Waals surface area contributed by atoms with Crippen LogP contribution in [0.15, 0.2) is 61.3 Å². The fourth-order valence-corrected chi connectivity index (χ4v) is 4.94. The van der Waals surface area contributed by atoms with Gasteiger partial charge in [-0.05, 0) is 43.7 Å². The molecule has 1 saturated heterocycles. The third-order valence-corrected chi connectivity index (χ3v) is 6.82. The highest BCUT2D eigenvalue weighted by atomic mass is 19.1. The Balaban J connectivity index is 1.06. The van der Waals surface area contributed by atoms with Crippen molar-refractivity contribution in [3.8, 4) is 5.69 Å². The Morgan fingerprint density at radius 1 is 1.15 bits per heavy atom. The van der Waals surface area contributed by atoms with E-state index in [0.29, 0.717) is 35.4 Å². The summed E-state index contributed by atoms with van der Waals surface area (Å²) in [4.78, 5) is 22.8. The summed E-state index contributed by atoms with van der Waals surface area (Å²) < 4.78 is 23.3. The van der Waals surface area contributed by atoms with Crippen LogP contribution in [-0.2, 0) is 4.74 Å². The molecule has 1 N–H and O–H groups in total. The third kappa shape index (κ3) is 3.64. The molecule has 0 atom stereocenters. The maximum Gasteiger partial charge on any atom is 0.416 e. The summed E-state index contributed by atoms with van der Waals surface area (Å²) in [6.07, 6.45) is 11.8. The van der Waals surface area contributed by atoms with Crippen molar-refractivity contribution in [2.75, 3.05) is 23.3 Å². The second kappa shape index (κ2) is 8.12. The molecule has 9 nitrogen and oxygen atoms in total. The van der Waals surface area contributed by atoms with Crippen molar-refractivity contribution in [1.29, 1.82) is 0 Å². The van der Waals surface area contributed by atoms with Crippen molar-refractivity contribution in [1.82, 2.24) is 24.1 Å². The number of aromatic nitrogens is 5. The van der Waals surface area contributed by atoms with Crippen LogP contribution in [0.4, 0.5) is 20.8 Å². The Kier molecular flexibility index (Phi) is 4.93. The Labute approximate surface area is 195 Å². The topological polar surface area (TPSA) is 89.6 Å². The average Bonchev–Trinajstić information content (AvgIpc) is 3.57. The maximum atomic E-state index is 14.0. The number of ether oxygens (including phenoxy) is 1. The lowest BCUT2D eigenvalue weighted by Crippen LogP contribution is -2.39. The van der Waals surface area contributed by atoms with E-state index < -0.39 is 5.60 Å². The molecule has 6 rings (SSSR count). The number of nitrogens with zero attached hydrogens (tertiary/aromatic N) is 6. The molecule has 2 fully saturated rings. The zero-order valence-electron chi connectivity index (χ0n) is 18.5. The van der Waals surface area contributed by atoms with Crippen LogP contribution in [0.2, 0.25) is 0 Å². The van der Waals surface area contributed by atoms with Crippen LogP contribution in [0.5, 0.6) is 0 Å². The van der Waals surface area contributed by atoms with Gasteiger partial charge in [0.15, 0.2) is 5.65 Å². The van der Waals surface area contributed by atoms with Gasteiger partial charge in [0.25, 0.3) is 0 Å². The van der Waals surface area contributed by atoms with E-state index in [-0.39, 0.29) is 11.9 Å². The van der Waals surface area contributed by atoms with Gasteiger partial charge in [-0.25, -0.2) is 18.9 Å². The fraction of sp³-hybridized carbons (Fsp3) is 0.333. The Bertz CT molecular complexity index is 1340. The van der Waals surface area contributed by atoms with Gasteiger partial charge in [-0.3, -0.25) is 14.3 Å². The summed E-state index contributed by atoms with van der Waals surface area (Å²) in [5.41, 5.74) is 0.653. The van der Waals surface area contributed by atoms with Crippen LogP contribution in [0.1, 0.15) is 25.7 Å². The lowest BCUT2D eigenvalue weighted by molar-refractivity contribution is 0.0148. The third-order valence-electron chi connectivity index (χ3n) is 6.82. The predicted molar refractivity (Wildman–Crippen MR) is 124 cm³/mol. The predicted octanol–water partition coefficient (Wildman–Crippen LogP) is 4.05. The maximum absolute atomic E-state index is 14.0. The van der Waals surface area contributed by atoms with Gasteiger partial charge < -0.3 is 10.1 Å². The van der Waals surface area contributed by atoms with E-state index >= 15 is 0 Å². The molecule has 2 aliphatic rings. The minimum Gasteiger partial charge on any atom is -0.441 e. The number of nitrogens with one attached hydrogen (secondary N) is 1. The number of halogens is 1. The van der Waals surface area contributed by atoms with Crippen molar-refractivity contribution in [3.05, 3.63) is 67.1 Å². The zero-order valence-corrected chi connectivity index (χ0v) is 18.5. The first kappa shape index (κ1) is 20.6. The number of anilines is 2. The molecule has 3 aromatic heterocycles. The Hall–Kier alpha value is -3.95. The van der Waals surface area contributed by atoms with E-state index in [1.807, 2.05) is 10.5 Å². The lowest BCUT2D eigenvalue weighted by Gasteiger charge is -2.35. The summed E-state index contributed by atoms with van der Waals surface area (Å²) >= 11 is 0. The molecule has 1 aliphatic carbocycles. The molecule has 10 heteroatoms. The van der Waals surface area contributed by atoms with E-state index in [1.54, 1.807) is 54.1 Å². The minimum atomic E-state index is -0.461. The van der Waals surface area contributed by atoms with E-state index in [2.05, 4.69) is 20.4 Å². The molecular formula is C24H24FN7O2. The van der Waals surface area contributed by atoms with E-state index in [1.165, 1.54) is 10.7 Å². The van der Waals surface area contributed by atoms with Crippen LogP contribution >= 0.6 is 0 Å². The van der Waals surface area contributed by atoms with Gasteiger partial charge in [0.1, 0.15) is 28.7 Å². The number of para-hydroxylation sites is 1. The molecule has 1 saturated carbocycles. The van der Waals surface area contributed by atoms with Gasteiger partial charge in [-0.1, -0.05) is 12.1 Å². The van der Waals surface area contributed by atoms with Crippen LogP contribution in [0.3, 0.4) is 0 Å². The van der Waals surface area contributed by atoms with E-state index in [0.717, 1.165) is 32.2 Å². The van der Waals surface area contributed by atoms with Crippen LogP contribution in [0, 0.1) is 11.7 Å². The summed E-state index contributed by atoms with van der Waals surface area (Å²) in [5.74, 6) is 1.55. The lowest BCUT2D eigenvalue weighted by atomic mass is 9.78. The summed E-state index contributed by atoms with van der Waals surface area (Å²) in [6.45, 7) is 1.29. The number of carbonyl (C=O) groups is 1. The molecule has 4 aromatic rings. The molecule has 34 heavy (non-hydrogen) atoms. The standard InChI is InChI=1S/C24H24FN7O2/c25-18-3-1-2-4-19(18)32-11-7-20(29-32)27-13-17-5-8-24(9-6-17)16-31(23(33)34-24)22-15-28-21-14-26-10-12-30(21)22/h1-4,7,10-12,14-15,17H,5-6,8-9,13,16H2,(H,27,29). The molecule has 1 spiro atoms. The molecule has 1 amide bonds. The SMILES string of the molecule is O=C1OC2(CCC(CNc3ccn(-c4ccccc4F)n3)CC2)CN1c1cnc2cnccn12. The smallest absolute Gasteiger partial charge is 0.416 e. The largest absolute Gasteiger partial charge is 0.441 e. The molecule has 0 unspecified atom stereocenters. The highest BCUT2D eigenvalue weighted by molar-refractivity contribution is 5.89. The number of amides is 1. The number of hydrogen-bond acceptors (Lipinski definition) is 6. The van der Waals surface area contributed by atoms with E-state index in [4.69, 9.17) is 4.74 Å². The van der Waals surface area contributed by atoms with Crippen LogP contribution in [0.25, 0.3) is 11.3 Å². The molecule has 174 valence electrons. The first-order valence-electron chi connectivity index (χ1n) is 11.4. The molecule has 0 radical (unpaired) electrons. The number of imidazole rings is 1. The summed E-state index contributed by atoms with van der Waals surface area (Å²) in [5, 5.41) is 7.82. The molecule has 1 aliphatic heterocycles. The van der Waals surface area contributed by atoms with Gasteiger partial charge >= 0.3 is 6.09 Å². The Morgan fingerprint density at radius 2 is 2.00 bits per heavy atom. The minimum absolute atomic E-state index is 0.310. The van der Waals surface area contributed by atoms with Crippen molar-refractivity contribution in [2.24, 2.45) is 5.92 Å². The van der Waals surface area contributed by atoms with Gasteiger partial charge in [0.2, 0.25) is 0 Å². The first-order chi connectivity index (χ1) is 16.6. The van der Waals surface area contributed by atoms with Gasteiger partial charge in [0, 0.05) is 31.2 Å². The molecular weight excluding hydrogens is 437 g/mol. The molecule has 4 heterocycles. The van der Waals surface area contributed by atoms with Crippen molar-refractivity contribution in [2.45, 2.75) is 31.3 Å². The van der Waals surface area contributed by atoms with Crippen molar-refractivity contribution >= 4 is 23.4 Å². The van der Waals surface area contributed by atoms with Crippen molar-refractivity contribution < 1.29 is 13.9 Å². The van der Waals surface area contributed by atoms with Crippen molar-refractivity contribution in [3.63, 3.8) is 0 Å². The van der Waals surface area contributed by atoms with Gasteiger partial charge in [-0.2, -0.15) is 5.10 Å². The number of carbonyl (C=O) groups excluding carboxylic acids is 1. The zero-order chi connectivity index (χ0) is 23.1. The number of fused-ring (bicyclic) bond motifs is 1. The van der Waals surface area contributed by atoms with Gasteiger partial charge in [0.05, 0.1) is 18.9 Å². The number of benzene rings is 1. The average molecular weight is 462 g/mol. The van der Waals surface area contributed by atoms with Gasteiger partial charge in [-0.15, -0.1) is 0 Å². The molecule has 0 bridgehead atoms. The Morgan fingerprint density at radius 3 is 2.85 bits per heavy atom. The number of hydrogen-bond donors (Lipinski definition) is 1. The van der Waals surface area contributed by atoms with E-state index in [9.17, 15) is 9.18 Å². The van der Waals surface area contributed by atoms with Crippen LogP contribution < -0.4 is 10.2 Å². The number of rotatable bonds is 5.